The highest BCUT2D eigenvalue weighted by Gasteiger charge is 2.27. The van der Waals surface area contributed by atoms with Crippen molar-refractivity contribution in [3.63, 3.8) is 0 Å². The molecule has 0 aliphatic carbocycles. The molecule has 2 aromatic rings. The first kappa shape index (κ1) is 15.8. The van der Waals surface area contributed by atoms with Crippen LogP contribution in [0.5, 0.6) is 0 Å². The van der Waals surface area contributed by atoms with Crippen LogP contribution in [-0.4, -0.2) is 29.1 Å². The second-order valence-corrected chi connectivity index (χ2v) is 6.48. The smallest absolute Gasteiger partial charge is 0.335 e. The molecule has 1 fully saturated rings. The first-order valence-corrected chi connectivity index (χ1v) is 8.16. The van der Waals surface area contributed by atoms with Gasteiger partial charge >= 0.3 is 5.97 Å². The van der Waals surface area contributed by atoms with Gasteiger partial charge in [-0.05, 0) is 61.1 Å². The number of carbonyl (C=O) groups is 1. The summed E-state index contributed by atoms with van der Waals surface area (Å²) in [6, 6.07) is 13.9. The highest BCUT2D eigenvalue weighted by atomic mass is 16.4. The lowest BCUT2D eigenvalue weighted by molar-refractivity contribution is 0.0695. The molecular formula is C20H23NO2. The molecule has 3 nitrogen and oxygen atoms in total. The average Bonchev–Trinajstić information content (AvgIpc) is 2.99. The standard InChI is InChI=1S/C20H23NO2/c1-14-6-5-7-15(2)19(14)13-21-11-10-16(12-21)17-8-3-4-9-18(17)20(22)23/h3-9,16H,10-13H2,1-2H3,(H,22,23)/t16-/m1/s1. The van der Waals surface area contributed by atoms with Crippen LogP contribution in [0.1, 0.15) is 45.0 Å². The quantitative estimate of drug-likeness (QED) is 0.928. The maximum absolute atomic E-state index is 11.4. The van der Waals surface area contributed by atoms with Gasteiger partial charge in [0.25, 0.3) is 0 Å². The number of carboxylic acids is 1. The van der Waals surface area contributed by atoms with E-state index in [9.17, 15) is 9.90 Å². The minimum atomic E-state index is -0.825. The summed E-state index contributed by atoms with van der Waals surface area (Å²) < 4.78 is 0. The van der Waals surface area contributed by atoms with Crippen molar-refractivity contribution < 1.29 is 9.90 Å². The molecule has 0 aromatic heterocycles. The number of benzene rings is 2. The Balaban J connectivity index is 1.76. The average molecular weight is 309 g/mol. The van der Waals surface area contributed by atoms with Gasteiger partial charge in [-0.25, -0.2) is 4.79 Å². The molecule has 1 N–H and O–H groups in total. The van der Waals surface area contributed by atoms with E-state index >= 15 is 0 Å². The van der Waals surface area contributed by atoms with E-state index in [0.29, 0.717) is 11.5 Å². The van der Waals surface area contributed by atoms with Gasteiger partial charge in [0, 0.05) is 13.1 Å². The van der Waals surface area contributed by atoms with Crippen LogP contribution in [0.3, 0.4) is 0 Å². The van der Waals surface area contributed by atoms with E-state index in [-0.39, 0.29) is 0 Å². The Kier molecular flexibility index (Phi) is 4.49. The van der Waals surface area contributed by atoms with E-state index < -0.39 is 5.97 Å². The minimum Gasteiger partial charge on any atom is -0.478 e. The topological polar surface area (TPSA) is 40.5 Å². The summed E-state index contributed by atoms with van der Waals surface area (Å²) in [7, 11) is 0. The Hall–Kier alpha value is -2.13. The molecule has 1 atom stereocenters. The first-order chi connectivity index (χ1) is 11.1. The molecule has 0 saturated carbocycles. The summed E-state index contributed by atoms with van der Waals surface area (Å²) in [5, 5.41) is 9.39. The summed E-state index contributed by atoms with van der Waals surface area (Å²) in [4.78, 5) is 13.9. The van der Waals surface area contributed by atoms with E-state index in [2.05, 4.69) is 36.9 Å². The van der Waals surface area contributed by atoms with Crippen molar-refractivity contribution in [2.75, 3.05) is 13.1 Å². The third-order valence-corrected chi connectivity index (χ3v) is 4.93. The number of hydrogen-bond donors (Lipinski definition) is 1. The highest BCUT2D eigenvalue weighted by Crippen LogP contribution is 2.31. The van der Waals surface area contributed by atoms with Crippen LogP contribution in [0, 0.1) is 13.8 Å². The van der Waals surface area contributed by atoms with E-state index in [1.54, 1.807) is 12.1 Å². The summed E-state index contributed by atoms with van der Waals surface area (Å²) in [5.41, 5.74) is 5.49. The Morgan fingerprint density at radius 1 is 1.13 bits per heavy atom. The molecule has 0 bridgehead atoms. The van der Waals surface area contributed by atoms with Crippen molar-refractivity contribution in [1.82, 2.24) is 4.90 Å². The van der Waals surface area contributed by atoms with Gasteiger partial charge in [0.2, 0.25) is 0 Å². The molecular weight excluding hydrogens is 286 g/mol. The Morgan fingerprint density at radius 2 is 1.83 bits per heavy atom. The predicted molar refractivity (Wildman–Crippen MR) is 92.0 cm³/mol. The monoisotopic (exact) mass is 309 g/mol. The molecule has 3 heteroatoms. The molecule has 120 valence electrons. The van der Waals surface area contributed by atoms with Gasteiger partial charge in [-0.15, -0.1) is 0 Å². The number of rotatable bonds is 4. The Bertz CT molecular complexity index is 703. The molecule has 1 heterocycles. The van der Waals surface area contributed by atoms with Gasteiger partial charge in [-0.3, -0.25) is 4.90 Å². The number of carboxylic acid groups (broad SMARTS) is 1. The second kappa shape index (κ2) is 6.55. The molecule has 1 saturated heterocycles. The highest BCUT2D eigenvalue weighted by molar-refractivity contribution is 5.89. The van der Waals surface area contributed by atoms with Crippen molar-refractivity contribution in [2.45, 2.75) is 32.7 Å². The largest absolute Gasteiger partial charge is 0.478 e. The molecule has 0 amide bonds. The lowest BCUT2D eigenvalue weighted by atomic mass is 9.93. The fourth-order valence-electron chi connectivity index (χ4n) is 3.60. The van der Waals surface area contributed by atoms with Gasteiger partial charge < -0.3 is 5.11 Å². The third kappa shape index (κ3) is 3.30. The van der Waals surface area contributed by atoms with Crippen LogP contribution < -0.4 is 0 Å². The molecule has 2 aromatic carbocycles. The van der Waals surface area contributed by atoms with Gasteiger partial charge in [0.1, 0.15) is 0 Å². The zero-order valence-electron chi connectivity index (χ0n) is 13.7. The number of nitrogens with zero attached hydrogens (tertiary/aromatic N) is 1. The summed E-state index contributed by atoms with van der Waals surface area (Å²) in [6.45, 7) is 7.22. The van der Waals surface area contributed by atoms with Crippen LogP contribution in [0.15, 0.2) is 42.5 Å². The van der Waals surface area contributed by atoms with E-state index in [1.165, 1.54) is 16.7 Å². The second-order valence-electron chi connectivity index (χ2n) is 6.48. The van der Waals surface area contributed by atoms with Gasteiger partial charge in [0.05, 0.1) is 5.56 Å². The van der Waals surface area contributed by atoms with Gasteiger partial charge in [0.15, 0.2) is 0 Å². The summed E-state index contributed by atoms with van der Waals surface area (Å²) in [5.74, 6) is -0.513. The predicted octanol–water partition coefficient (Wildman–Crippen LogP) is 3.99. The molecule has 1 aliphatic rings. The van der Waals surface area contributed by atoms with Crippen LogP contribution in [0.25, 0.3) is 0 Å². The summed E-state index contributed by atoms with van der Waals surface area (Å²) in [6.07, 6.45) is 1.02. The fourth-order valence-corrected chi connectivity index (χ4v) is 3.60. The van der Waals surface area contributed by atoms with Crippen LogP contribution in [0.4, 0.5) is 0 Å². The molecule has 3 rings (SSSR count). The van der Waals surface area contributed by atoms with Crippen molar-refractivity contribution in [3.05, 3.63) is 70.3 Å². The number of aryl methyl sites for hydroxylation is 2. The number of aromatic carboxylic acids is 1. The molecule has 0 radical (unpaired) electrons. The Labute approximate surface area is 137 Å². The van der Waals surface area contributed by atoms with Crippen LogP contribution in [0.2, 0.25) is 0 Å². The van der Waals surface area contributed by atoms with Crippen molar-refractivity contribution in [3.8, 4) is 0 Å². The summed E-state index contributed by atoms with van der Waals surface area (Å²) >= 11 is 0. The van der Waals surface area contributed by atoms with Crippen molar-refractivity contribution >= 4 is 5.97 Å². The lowest BCUT2D eigenvalue weighted by Crippen LogP contribution is -2.21. The van der Waals surface area contributed by atoms with E-state index in [4.69, 9.17) is 0 Å². The maximum Gasteiger partial charge on any atom is 0.335 e. The SMILES string of the molecule is Cc1cccc(C)c1CN1CC[C@@H](c2ccccc2C(=O)O)C1. The Morgan fingerprint density at radius 3 is 2.52 bits per heavy atom. The number of likely N-dealkylation sites (tertiary alicyclic amines) is 1. The maximum atomic E-state index is 11.4. The molecule has 1 aliphatic heterocycles. The van der Waals surface area contributed by atoms with Crippen molar-refractivity contribution in [2.24, 2.45) is 0 Å². The third-order valence-electron chi connectivity index (χ3n) is 4.93. The van der Waals surface area contributed by atoms with Crippen molar-refractivity contribution in [1.29, 1.82) is 0 Å². The lowest BCUT2D eigenvalue weighted by Gasteiger charge is -2.19. The van der Waals surface area contributed by atoms with E-state index in [1.807, 2.05) is 12.1 Å². The van der Waals surface area contributed by atoms with Gasteiger partial charge in [-0.2, -0.15) is 0 Å². The normalized spacial score (nSPS) is 18.3. The van der Waals surface area contributed by atoms with Gasteiger partial charge in [-0.1, -0.05) is 36.4 Å². The zero-order valence-corrected chi connectivity index (χ0v) is 13.7. The molecule has 0 spiro atoms. The molecule has 23 heavy (non-hydrogen) atoms. The fraction of sp³-hybridized carbons (Fsp3) is 0.350. The van der Waals surface area contributed by atoms with Crippen LogP contribution >= 0.6 is 0 Å². The zero-order chi connectivity index (χ0) is 16.4. The minimum absolute atomic E-state index is 0.312. The van der Waals surface area contributed by atoms with E-state index in [0.717, 1.165) is 31.6 Å². The van der Waals surface area contributed by atoms with Crippen LogP contribution in [-0.2, 0) is 6.54 Å². The molecule has 0 unspecified atom stereocenters. The number of hydrogen-bond acceptors (Lipinski definition) is 2. The first-order valence-electron chi connectivity index (χ1n) is 8.16.